The van der Waals surface area contributed by atoms with Gasteiger partial charge in [0.05, 0.1) is 26.6 Å². The SMILES string of the molecule is CCOc1cc(/C=C2/SC(=O)N(CC(=O)c3ccc([N+](=O)[O-])cc3)C2=O)cc(I)c1OCc1ccc(Cl)cc1. The van der Waals surface area contributed by atoms with Crippen LogP contribution < -0.4 is 9.47 Å². The third kappa shape index (κ3) is 6.97. The fourth-order valence-corrected chi connectivity index (χ4v) is 5.35. The highest BCUT2D eigenvalue weighted by atomic mass is 127. The van der Waals surface area contributed by atoms with Crippen LogP contribution in [-0.4, -0.2) is 39.9 Å². The van der Waals surface area contributed by atoms with Gasteiger partial charge < -0.3 is 9.47 Å². The molecule has 1 aliphatic heterocycles. The van der Waals surface area contributed by atoms with Gasteiger partial charge in [-0.15, -0.1) is 0 Å². The lowest BCUT2D eigenvalue weighted by Crippen LogP contribution is -2.33. The lowest BCUT2D eigenvalue weighted by molar-refractivity contribution is -0.384. The molecule has 0 N–H and O–H groups in total. The summed E-state index contributed by atoms with van der Waals surface area (Å²) >= 11 is 8.80. The van der Waals surface area contributed by atoms with Crippen molar-refractivity contribution in [3.8, 4) is 11.5 Å². The van der Waals surface area contributed by atoms with Gasteiger partial charge in [-0.3, -0.25) is 29.4 Å². The number of Topliss-reactive ketones (excluding diaryl/α,β-unsaturated/α-hetero) is 1. The molecule has 1 aliphatic rings. The van der Waals surface area contributed by atoms with E-state index in [0.717, 1.165) is 25.8 Å². The summed E-state index contributed by atoms with van der Waals surface area (Å²) in [5.41, 5.74) is 1.55. The molecule has 3 aromatic rings. The third-order valence-electron chi connectivity index (χ3n) is 5.50. The topological polar surface area (TPSA) is 116 Å². The number of carbonyl (C=O) groups excluding carboxylic acids is 3. The van der Waals surface area contributed by atoms with E-state index in [1.165, 1.54) is 24.3 Å². The Balaban J connectivity index is 1.51. The number of nitrogens with zero attached hydrogens (tertiary/aromatic N) is 2. The largest absolute Gasteiger partial charge is 0.490 e. The number of nitro groups is 1. The van der Waals surface area contributed by atoms with Crippen molar-refractivity contribution in [1.29, 1.82) is 0 Å². The van der Waals surface area contributed by atoms with Crippen molar-refractivity contribution in [2.75, 3.05) is 13.2 Å². The van der Waals surface area contributed by atoms with E-state index >= 15 is 0 Å². The van der Waals surface area contributed by atoms with Crippen LogP contribution in [0.5, 0.6) is 11.5 Å². The van der Waals surface area contributed by atoms with Gasteiger partial charge in [0, 0.05) is 22.7 Å². The summed E-state index contributed by atoms with van der Waals surface area (Å²) in [6.07, 6.45) is 1.56. The molecular weight excluding hydrogens is 659 g/mol. The molecule has 2 amide bonds. The van der Waals surface area contributed by atoms with Crippen LogP contribution in [0.2, 0.25) is 5.02 Å². The molecule has 1 heterocycles. The fourth-order valence-electron chi connectivity index (χ4n) is 3.60. The predicted octanol–water partition coefficient (Wildman–Crippen LogP) is 6.75. The van der Waals surface area contributed by atoms with E-state index in [9.17, 15) is 24.5 Å². The number of ether oxygens (including phenoxy) is 2. The van der Waals surface area contributed by atoms with Gasteiger partial charge >= 0.3 is 0 Å². The first kappa shape index (κ1) is 28.6. The lowest BCUT2D eigenvalue weighted by Gasteiger charge is -2.15. The lowest BCUT2D eigenvalue weighted by atomic mass is 10.1. The summed E-state index contributed by atoms with van der Waals surface area (Å²) in [5, 5.41) is 10.9. The first-order chi connectivity index (χ1) is 18.7. The number of hydrogen-bond acceptors (Lipinski definition) is 8. The van der Waals surface area contributed by atoms with Crippen LogP contribution in [-0.2, 0) is 11.4 Å². The maximum atomic E-state index is 13.0. The second-order valence-electron chi connectivity index (χ2n) is 8.17. The Morgan fingerprint density at radius 1 is 1.10 bits per heavy atom. The van der Waals surface area contributed by atoms with Crippen LogP contribution in [0.25, 0.3) is 6.08 Å². The van der Waals surface area contributed by atoms with E-state index in [4.69, 9.17) is 21.1 Å². The molecule has 4 rings (SSSR count). The second kappa shape index (κ2) is 12.6. The van der Waals surface area contributed by atoms with E-state index in [1.807, 2.05) is 19.1 Å². The highest BCUT2D eigenvalue weighted by Gasteiger charge is 2.36. The van der Waals surface area contributed by atoms with Gasteiger partial charge in [0.25, 0.3) is 16.8 Å². The van der Waals surface area contributed by atoms with Crippen molar-refractivity contribution < 1.29 is 28.8 Å². The van der Waals surface area contributed by atoms with Crippen molar-refractivity contribution in [1.82, 2.24) is 4.90 Å². The molecule has 0 radical (unpaired) electrons. The van der Waals surface area contributed by atoms with Crippen LogP contribution in [0, 0.1) is 13.7 Å². The molecule has 1 saturated heterocycles. The standard InChI is InChI=1S/C27H20ClIN2O7S/c1-2-37-23-12-17(11-21(29)25(23)38-15-16-3-7-19(28)8-4-16)13-24-26(33)30(27(34)39-24)14-22(32)18-5-9-20(10-6-18)31(35)36/h3-13H,2,14-15H2,1H3/b24-13+. The van der Waals surface area contributed by atoms with Crippen molar-refractivity contribution in [3.05, 3.63) is 101 Å². The quantitative estimate of drug-likeness (QED) is 0.0761. The zero-order chi connectivity index (χ0) is 28.1. The van der Waals surface area contributed by atoms with Crippen LogP contribution >= 0.6 is 46.0 Å². The Hall–Kier alpha value is -3.42. The van der Waals surface area contributed by atoms with E-state index < -0.39 is 28.4 Å². The maximum Gasteiger partial charge on any atom is 0.293 e. The monoisotopic (exact) mass is 678 g/mol. The Morgan fingerprint density at radius 3 is 2.44 bits per heavy atom. The van der Waals surface area contributed by atoms with E-state index in [1.54, 1.807) is 30.3 Å². The summed E-state index contributed by atoms with van der Waals surface area (Å²) in [6, 6.07) is 15.8. The average molecular weight is 679 g/mol. The van der Waals surface area contributed by atoms with Crippen LogP contribution in [0.4, 0.5) is 10.5 Å². The van der Waals surface area contributed by atoms with Crippen LogP contribution in [0.3, 0.4) is 0 Å². The number of nitro benzene ring substituents is 1. The van der Waals surface area contributed by atoms with Crippen molar-refractivity contribution >= 4 is 74.6 Å². The number of amides is 2. The highest BCUT2D eigenvalue weighted by molar-refractivity contribution is 14.1. The molecule has 0 spiro atoms. The normalized spacial score (nSPS) is 14.1. The first-order valence-corrected chi connectivity index (χ1v) is 13.8. The maximum absolute atomic E-state index is 13.0. The van der Waals surface area contributed by atoms with Crippen molar-refractivity contribution in [2.24, 2.45) is 0 Å². The number of halogens is 2. The highest BCUT2D eigenvalue weighted by Crippen LogP contribution is 2.38. The molecular formula is C27H20ClIN2O7S. The molecule has 9 nitrogen and oxygen atoms in total. The summed E-state index contributed by atoms with van der Waals surface area (Å²) in [5.74, 6) is -0.0800. The van der Waals surface area contributed by atoms with Gasteiger partial charge in [0.15, 0.2) is 17.3 Å². The smallest absolute Gasteiger partial charge is 0.293 e. The molecule has 12 heteroatoms. The van der Waals surface area contributed by atoms with Gasteiger partial charge in [-0.25, -0.2) is 0 Å². The molecule has 0 saturated carbocycles. The number of non-ortho nitro benzene ring substituents is 1. The molecule has 200 valence electrons. The molecule has 0 aliphatic carbocycles. The average Bonchev–Trinajstić information content (AvgIpc) is 3.16. The Bertz CT molecular complexity index is 1480. The number of hydrogen-bond donors (Lipinski definition) is 0. The van der Waals surface area contributed by atoms with E-state index in [0.29, 0.717) is 35.3 Å². The zero-order valence-electron chi connectivity index (χ0n) is 20.4. The predicted molar refractivity (Wildman–Crippen MR) is 156 cm³/mol. The Labute approximate surface area is 246 Å². The molecule has 0 aromatic heterocycles. The number of ketones is 1. The van der Waals surface area contributed by atoms with Gasteiger partial charge in [0.1, 0.15) is 6.61 Å². The van der Waals surface area contributed by atoms with Crippen LogP contribution in [0.15, 0.2) is 65.6 Å². The minimum absolute atomic E-state index is 0.157. The van der Waals surface area contributed by atoms with Gasteiger partial charge in [-0.05, 0) is 94.9 Å². The molecule has 39 heavy (non-hydrogen) atoms. The molecule has 3 aromatic carbocycles. The van der Waals surface area contributed by atoms with Crippen molar-refractivity contribution in [3.63, 3.8) is 0 Å². The summed E-state index contributed by atoms with van der Waals surface area (Å²) in [6.45, 7) is 2.06. The van der Waals surface area contributed by atoms with Gasteiger partial charge in [0.2, 0.25) is 0 Å². The van der Waals surface area contributed by atoms with E-state index in [2.05, 4.69) is 22.6 Å². The number of rotatable bonds is 10. The van der Waals surface area contributed by atoms with Gasteiger partial charge in [-0.1, -0.05) is 23.7 Å². The zero-order valence-corrected chi connectivity index (χ0v) is 24.1. The van der Waals surface area contributed by atoms with Crippen molar-refractivity contribution in [2.45, 2.75) is 13.5 Å². The minimum atomic E-state index is -0.601. The number of benzene rings is 3. The third-order valence-corrected chi connectivity index (χ3v) is 7.46. The van der Waals surface area contributed by atoms with Gasteiger partial charge in [-0.2, -0.15) is 0 Å². The summed E-state index contributed by atoms with van der Waals surface area (Å²) in [7, 11) is 0. The molecule has 0 bridgehead atoms. The first-order valence-electron chi connectivity index (χ1n) is 11.5. The molecule has 0 unspecified atom stereocenters. The Kier molecular flexibility index (Phi) is 9.25. The molecule has 0 atom stereocenters. The summed E-state index contributed by atoms with van der Waals surface area (Å²) in [4.78, 5) is 49.4. The minimum Gasteiger partial charge on any atom is -0.490 e. The Morgan fingerprint density at radius 2 is 1.79 bits per heavy atom. The summed E-state index contributed by atoms with van der Waals surface area (Å²) < 4.78 is 12.6. The number of thioether (sulfide) groups is 1. The number of imide groups is 1. The van der Waals surface area contributed by atoms with E-state index in [-0.39, 0.29) is 16.2 Å². The number of carbonyl (C=O) groups is 3. The van der Waals surface area contributed by atoms with Crippen LogP contribution in [0.1, 0.15) is 28.4 Å². The molecule has 1 fully saturated rings. The fraction of sp³-hybridized carbons (Fsp3) is 0.148. The second-order valence-corrected chi connectivity index (χ2v) is 10.8.